The summed E-state index contributed by atoms with van der Waals surface area (Å²) in [7, 11) is 0. The minimum atomic E-state index is 0.767. The number of aromatic nitrogens is 4. The second-order valence-electron chi connectivity index (χ2n) is 2.62. The summed E-state index contributed by atoms with van der Waals surface area (Å²) in [4.78, 5) is 12.2. The molecule has 2 heterocycles. The lowest BCUT2D eigenvalue weighted by atomic mass is 10.5. The smallest absolute Gasteiger partial charge is 0.142 e. The molecule has 0 saturated heterocycles. The summed E-state index contributed by atoms with van der Waals surface area (Å²) in [6.45, 7) is 1.94. The zero-order chi connectivity index (χ0) is 9.26. The Morgan fingerprint density at radius 1 is 1.31 bits per heavy atom. The van der Waals surface area contributed by atoms with Gasteiger partial charge >= 0.3 is 0 Å². The van der Waals surface area contributed by atoms with E-state index in [-0.39, 0.29) is 0 Å². The summed E-state index contributed by atoms with van der Waals surface area (Å²) in [6, 6.07) is 1.83. The summed E-state index contributed by atoms with van der Waals surface area (Å²) in [5, 5.41) is 0. The van der Waals surface area contributed by atoms with E-state index in [1.807, 2.05) is 23.8 Å². The van der Waals surface area contributed by atoms with Crippen LogP contribution in [0.2, 0.25) is 0 Å². The third-order valence-corrected chi connectivity index (χ3v) is 2.03. The molecular weight excluding hydrogens is 232 g/mol. The molecule has 0 spiro atoms. The van der Waals surface area contributed by atoms with Crippen molar-refractivity contribution in [3.05, 3.63) is 35.2 Å². The van der Waals surface area contributed by atoms with Crippen molar-refractivity contribution in [1.29, 1.82) is 0 Å². The van der Waals surface area contributed by atoms with Crippen molar-refractivity contribution in [3.8, 4) is 5.82 Å². The van der Waals surface area contributed by atoms with Crippen molar-refractivity contribution < 1.29 is 0 Å². The average molecular weight is 239 g/mol. The van der Waals surface area contributed by atoms with Gasteiger partial charge in [-0.15, -0.1) is 0 Å². The van der Waals surface area contributed by atoms with Crippen LogP contribution in [0.3, 0.4) is 0 Å². The molecular formula is C8H7BrN4. The van der Waals surface area contributed by atoms with Crippen LogP contribution in [0, 0.1) is 6.92 Å². The SMILES string of the molecule is Cc1cn(-c2cc(Br)ncn2)cn1. The first kappa shape index (κ1) is 8.37. The molecule has 4 nitrogen and oxygen atoms in total. The van der Waals surface area contributed by atoms with E-state index in [1.54, 1.807) is 6.33 Å². The fourth-order valence-electron chi connectivity index (χ4n) is 1.01. The van der Waals surface area contributed by atoms with Crippen molar-refractivity contribution in [3.63, 3.8) is 0 Å². The maximum absolute atomic E-state index is 4.11. The summed E-state index contributed by atoms with van der Waals surface area (Å²) in [5.74, 6) is 0.808. The quantitative estimate of drug-likeness (QED) is 0.712. The number of hydrogen-bond acceptors (Lipinski definition) is 3. The van der Waals surface area contributed by atoms with Crippen molar-refractivity contribution in [1.82, 2.24) is 19.5 Å². The Kier molecular flexibility index (Phi) is 2.10. The molecule has 0 saturated carbocycles. The van der Waals surface area contributed by atoms with E-state index >= 15 is 0 Å². The van der Waals surface area contributed by atoms with E-state index in [0.717, 1.165) is 16.1 Å². The van der Waals surface area contributed by atoms with Crippen LogP contribution < -0.4 is 0 Å². The molecule has 0 aliphatic heterocycles. The van der Waals surface area contributed by atoms with Crippen molar-refractivity contribution >= 4 is 15.9 Å². The highest BCUT2D eigenvalue weighted by molar-refractivity contribution is 9.10. The first-order valence-corrected chi connectivity index (χ1v) is 4.53. The molecule has 13 heavy (non-hydrogen) atoms. The Morgan fingerprint density at radius 3 is 2.77 bits per heavy atom. The topological polar surface area (TPSA) is 43.6 Å². The number of imidazole rings is 1. The van der Waals surface area contributed by atoms with Crippen LogP contribution in [0.5, 0.6) is 0 Å². The van der Waals surface area contributed by atoms with Gasteiger partial charge in [0.05, 0.1) is 5.69 Å². The van der Waals surface area contributed by atoms with Crippen LogP contribution in [-0.4, -0.2) is 19.5 Å². The number of aryl methyl sites for hydroxylation is 1. The highest BCUT2D eigenvalue weighted by Crippen LogP contribution is 2.09. The van der Waals surface area contributed by atoms with Gasteiger partial charge in [0.25, 0.3) is 0 Å². The second kappa shape index (κ2) is 3.26. The molecule has 0 fully saturated rings. The predicted molar refractivity (Wildman–Crippen MR) is 51.6 cm³/mol. The largest absolute Gasteiger partial charge is 0.290 e. The van der Waals surface area contributed by atoms with Crippen LogP contribution in [-0.2, 0) is 0 Å². The normalized spacial score (nSPS) is 10.3. The summed E-state index contributed by atoms with van der Waals surface area (Å²) in [6.07, 6.45) is 5.15. The minimum absolute atomic E-state index is 0.767. The number of rotatable bonds is 1. The first-order valence-electron chi connectivity index (χ1n) is 3.74. The van der Waals surface area contributed by atoms with Crippen LogP contribution >= 0.6 is 15.9 Å². The lowest BCUT2D eigenvalue weighted by molar-refractivity contribution is 0.963. The van der Waals surface area contributed by atoms with E-state index < -0.39 is 0 Å². The van der Waals surface area contributed by atoms with E-state index in [9.17, 15) is 0 Å². The highest BCUT2D eigenvalue weighted by Gasteiger charge is 1.99. The molecule has 0 bridgehead atoms. The van der Waals surface area contributed by atoms with Crippen molar-refractivity contribution in [2.75, 3.05) is 0 Å². The average Bonchev–Trinajstić information content (AvgIpc) is 2.52. The van der Waals surface area contributed by atoms with Gasteiger partial charge in [-0.05, 0) is 22.9 Å². The monoisotopic (exact) mass is 238 g/mol. The fourth-order valence-corrected chi connectivity index (χ4v) is 1.31. The molecule has 0 radical (unpaired) electrons. The van der Waals surface area contributed by atoms with Crippen LogP contribution in [0.4, 0.5) is 0 Å². The molecule has 0 aliphatic rings. The highest BCUT2D eigenvalue weighted by atomic mass is 79.9. The van der Waals surface area contributed by atoms with Crippen LogP contribution in [0.15, 0.2) is 29.5 Å². The van der Waals surface area contributed by atoms with E-state index in [2.05, 4.69) is 30.9 Å². The number of nitrogens with zero attached hydrogens (tertiary/aromatic N) is 4. The van der Waals surface area contributed by atoms with E-state index in [1.165, 1.54) is 6.33 Å². The molecule has 0 unspecified atom stereocenters. The van der Waals surface area contributed by atoms with Gasteiger partial charge in [0.2, 0.25) is 0 Å². The molecule has 2 rings (SSSR count). The molecule has 0 N–H and O–H groups in total. The third-order valence-electron chi connectivity index (χ3n) is 1.60. The predicted octanol–water partition coefficient (Wildman–Crippen LogP) is 1.73. The van der Waals surface area contributed by atoms with Gasteiger partial charge in [-0.1, -0.05) is 0 Å². The molecule has 2 aromatic heterocycles. The molecule has 5 heteroatoms. The van der Waals surface area contributed by atoms with Crippen LogP contribution in [0.25, 0.3) is 5.82 Å². The minimum Gasteiger partial charge on any atom is -0.290 e. The Labute approximate surface area is 83.8 Å². The number of hydrogen-bond donors (Lipinski definition) is 0. The zero-order valence-electron chi connectivity index (χ0n) is 6.98. The summed E-state index contributed by atoms with van der Waals surface area (Å²) < 4.78 is 2.62. The molecule has 0 aromatic carbocycles. The lowest BCUT2D eigenvalue weighted by Crippen LogP contribution is -1.94. The molecule has 2 aromatic rings. The lowest BCUT2D eigenvalue weighted by Gasteiger charge is -1.98. The Morgan fingerprint density at radius 2 is 2.15 bits per heavy atom. The van der Waals surface area contributed by atoms with E-state index in [4.69, 9.17) is 0 Å². The zero-order valence-corrected chi connectivity index (χ0v) is 8.56. The number of halogens is 1. The molecule has 66 valence electrons. The van der Waals surface area contributed by atoms with Gasteiger partial charge in [-0.2, -0.15) is 0 Å². The van der Waals surface area contributed by atoms with Gasteiger partial charge in [0.1, 0.15) is 23.1 Å². The maximum atomic E-state index is 4.11. The Balaban J connectivity index is 2.46. The third kappa shape index (κ3) is 1.75. The second-order valence-corrected chi connectivity index (χ2v) is 3.43. The molecule has 0 atom stereocenters. The van der Waals surface area contributed by atoms with Crippen molar-refractivity contribution in [2.45, 2.75) is 6.92 Å². The van der Waals surface area contributed by atoms with Gasteiger partial charge in [0, 0.05) is 12.3 Å². The summed E-state index contributed by atoms with van der Waals surface area (Å²) >= 11 is 3.28. The molecule has 0 amide bonds. The Bertz CT molecular complexity index is 424. The summed E-state index contributed by atoms with van der Waals surface area (Å²) in [5.41, 5.74) is 0.967. The van der Waals surface area contributed by atoms with Gasteiger partial charge in [-0.3, -0.25) is 4.57 Å². The fraction of sp³-hybridized carbons (Fsp3) is 0.125. The van der Waals surface area contributed by atoms with E-state index in [0.29, 0.717) is 0 Å². The van der Waals surface area contributed by atoms with Gasteiger partial charge in [0.15, 0.2) is 0 Å². The standard InChI is InChI=1S/C8H7BrN4/c1-6-3-13(5-12-6)8-2-7(9)10-4-11-8/h2-5H,1H3. The first-order chi connectivity index (χ1) is 6.25. The van der Waals surface area contributed by atoms with Gasteiger partial charge < -0.3 is 0 Å². The maximum Gasteiger partial charge on any atom is 0.142 e. The van der Waals surface area contributed by atoms with Gasteiger partial charge in [-0.25, -0.2) is 15.0 Å². The van der Waals surface area contributed by atoms with Crippen LogP contribution in [0.1, 0.15) is 5.69 Å². The molecule has 0 aliphatic carbocycles. The van der Waals surface area contributed by atoms with Crippen molar-refractivity contribution in [2.24, 2.45) is 0 Å². The Hall–Kier alpha value is -1.23.